The second kappa shape index (κ2) is 9.27. The van der Waals surface area contributed by atoms with E-state index in [2.05, 4.69) is 26.3 Å². The fourth-order valence-corrected chi connectivity index (χ4v) is 3.00. The van der Waals surface area contributed by atoms with E-state index < -0.39 is 11.7 Å². The van der Waals surface area contributed by atoms with Gasteiger partial charge in [-0.25, -0.2) is 9.07 Å². The van der Waals surface area contributed by atoms with Gasteiger partial charge >= 0.3 is 0 Å². The largest absolute Gasteiger partial charge is 0.492 e. The van der Waals surface area contributed by atoms with Gasteiger partial charge in [0, 0.05) is 17.1 Å². The smallest absolute Gasteiger partial charge is 0.271 e. The first kappa shape index (κ1) is 19.8. The molecule has 1 aromatic heterocycles. The summed E-state index contributed by atoms with van der Waals surface area (Å²) in [6, 6.07) is 16.2. The van der Waals surface area contributed by atoms with E-state index in [0.717, 1.165) is 0 Å². The van der Waals surface area contributed by atoms with Crippen molar-refractivity contribution < 1.29 is 13.9 Å². The molecule has 3 rings (SSSR count). The maximum Gasteiger partial charge on any atom is 0.271 e. The summed E-state index contributed by atoms with van der Waals surface area (Å²) in [6.07, 6.45) is 0. The quantitative estimate of drug-likeness (QED) is 0.606. The Kier molecular flexibility index (Phi) is 6.54. The molecule has 0 aliphatic carbocycles. The number of hydrogen-bond acceptors (Lipinski definition) is 4. The zero-order chi connectivity index (χ0) is 19.9. The zero-order valence-corrected chi connectivity index (χ0v) is 16.4. The molecule has 0 saturated heterocycles. The van der Waals surface area contributed by atoms with Crippen molar-refractivity contribution in [1.29, 1.82) is 0 Å². The summed E-state index contributed by atoms with van der Waals surface area (Å²) in [7, 11) is 0. The molecule has 0 bridgehead atoms. The van der Waals surface area contributed by atoms with E-state index in [1.165, 1.54) is 28.9 Å². The van der Waals surface area contributed by atoms with E-state index in [9.17, 15) is 14.0 Å². The van der Waals surface area contributed by atoms with Crippen molar-refractivity contribution in [3.8, 4) is 5.75 Å². The summed E-state index contributed by atoms with van der Waals surface area (Å²) >= 11 is 3.21. The number of benzene rings is 2. The molecular formula is C20H17BrFN3O3. The fourth-order valence-electron chi connectivity index (χ4n) is 2.48. The molecular weight excluding hydrogens is 429 g/mol. The Morgan fingerprint density at radius 2 is 1.93 bits per heavy atom. The molecule has 6 nitrogen and oxygen atoms in total. The number of carbonyl (C=O) groups excluding carboxylic acids is 1. The Bertz CT molecular complexity index is 1000. The van der Waals surface area contributed by atoms with Crippen LogP contribution in [0, 0.1) is 5.82 Å². The Morgan fingerprint density at radius 3 is 2.68 bits per heavy atom. The molecule has 28 heavy (non-hydrogen) atoms. The molecule has 144 valence electrons. The fraction of sp³-hybridized carbons (Fsp3) is 0.150. The van der Waals surface area contributed by atoms with Gasteiger partial charge in [-0.05, 0) is 42.0 Å². The number of rotatable bonds is 7. The van der Waals surface area contributed by atoms with Crippen LogP contribution in [0.3, 0.4) is 0 Å². The first-order valence-electron chi connectivity index (χ1n) is 8.50. The maximum absolute atomic E-state index is 13.4. The van der Waals surface area contributed by atoms with Crippen LogP contribution in [0.15, 0.2) is 69.9 Å². The Balaban J connectivity index is 1.61. The molecule has 0 fully saturated rings. The minimum Gasteiger partial charge on any atom is -0.492 e. The average Bonchev–Trinajstić information content (AvgIpc) is 2.67. The van der Waals surface area contributed by atoms with Crippen LogP contribution in [-0.4, -0.2) is 22.3 Å². The summed E-state index contributed by atoms with van der Waals surface area (Å²) in [5.41, 5.74) is 0.363. The molecule has 8 heteroatoms. The highest BCUT2D eigenvalue weighted by Gasteiger charge is 2.10. The minimum absolute atomic E-state index is 0.0924. The van der Waals surface area contributed by atoms with Crippen LogP contribution in [0.4, 0.5) is 4.39 Å². The normalized spacial score (nSPS) is 10.5. The van der Waals surface area contributed by atoms with Gasteiger partial charge in [-0.1, -0.05) is 34.1 Å². The summed E-state index contributed by atoms with van der Waals surface area (Å²) in [6.45, 7) is 0.568. The number of amides is 1. The van der Waals surface area contributed by atoms with Crippen LogP contribution in [0.5, 0.6) is 5.75 Å². The van der Waals surface area contributed by atoms with E-state index in [4.69, 9.17) is 4.74 Å². The second-order valence-corrected chi connectivity index (χ2v) is 6.82. The maximum atomic E-state index is 13.4. The summed E-state index contributed by atoms with van der Waals surface area (Å²) in [5, 5.41) is 6.74. The Hall–Kier alpha value is -3.00. The van der Waals surface area contributed by atoms with Crippen molar-refractivity contribution in [2.75, 3.05) is 6.61 Å². The first-order chi connectivity index (χ1) is 13.5. The SMILES string of the molecule is O=C(NCc1cc(F)cc(Br)c1)c1ccc(=O)n(CCOc2ccccc2)n1. The van der Waals surface area contributed by atoms with Crippen molar-refractivity contribution in [1.82, 2.24) is 15.1 Å². The van der Waals surface area contributed by atoms with Crippen LogP contribution in [0.2, 0.25) is 0 Å². The highest BCUT2D eigenvalue weighted by Crippen LogP contribution is 2.14. The Labute approximate surface area is 169 Å². The third kappa shape index (κ3) is 5.50. The Morgan fingerprint density at radius 1 is 1.14 bits per heavy atom. The van der Waals surface area contributed by atoms with Gasteiger partial charge in [-0.2, -0.15) is 5.10 Å². The van der Waals surface area contributed by atoms with Crippen molar-refractivity contribution in [3.05, 3.63) is 92.6 Å². The molecule has 0 saturated carbocycles. The van der Waals surface area contributed by atoms with Crippen molar-refractivity contribution in [2.45, 2.75) is 13.1 Å². The lowest BCUT2D eigenvalue weighted by molar-refractivity contribution is 0.0942. The molecule has 1 heterocycles. The van der Waals surface area contributed by atoms with Gasteiger partial charge in [0.1, 0.15) is 23.9 Å². The number of nitrogens with one attached hydrogen (secondary N) is 1. The van der Waals surface area contributed by atoms with Gasteiger partial charge in [-0.3, -0.25) is 9.59 Å². The molecule has 1 N–H and O–H groups in total. The first-order valence-corrected chi connectivity index (χ1v) is 9.30. The molecule has 0 radical (unpaired) electrons. The number of nitrogens with zero attached hydrogens (tertiary/aromatic N) is 2. The molecule has 0 atom stereocenters. The van der Waals surface area contributed by atoms with Crippen molar-refractivity contribution >= 4 is 21.8 Å². The average molecular weight is 446 g/mol. The predicted octanol–water partition coefficient (Wildman–Crippen LogP) is 3.15. The van der Waals surface area contributed by atoms with E-state index in [1.54, 1.807) is 6.07 Å². The molecule has 0 aliphatic rings. The highest BCUT2D eigenvalue weighted by molar-refractivity contribution is 9.10. The van der Waals surface area contributed by atoms with Gasteiger partial charge in [0.15, 0.2) is 0 Å². The molecule has 1 amide bonds. The number of para-hydroxylation sites is 1. The third-order valence-corrected chi connectivity index (χ3v) is 4.25. The number of hydrogen-bond donors (Lipinski definition) is 1. The summed E-state index contributed by atoms with van der Waals surface area (Å²) in [4.78, 5) is 24.3. The van der Waals surface area contributed by atoms with E-state index in [-0.39, 0.29) is 30.9 Å². The molecule has 0 unspecified atom stereocenters. The standard InChI is InChI=1S/C20H17BrFN3O3/c21-15-10-14(11-16(22)12-15)13-23-20(27)18-6-7-19(26)25(24-18)8-9-28-17-4-2-1-3-5-17/h1-7,10-12H,8-9,13H2,(H,23,27). The van der Waals surface area contributed by atoms with E-state index in [1.807, 2.05) is 30.3 Å². The van der Waals surface area contributed by atoms with Crippen LogP contribution in [0.1, 0.15) is 16.1 Å². The second-order valence-electron chi connectivity index (χ2n) is 5.90. The lowest BCUT2D eigenvalue weighted by Crippen LogP contribution is -2.30. The predicted molar refractivity (Wildman–Crippen MR) is 106 cm³/mol. The molecule has 3 aromatic rings. The summed E-state index contributed by atoms with van der Waals surface area (Å²) < 4.78 is 20.7. The molecule has 0 spiro atoms. The van der Waals surface area contributed by atoms with Gasteiger partial charge in [0.25, 0.3) is 11.5 Å². The van der Waals surface area contributed by atoms with Crippen LogP contribution in [0.25, 0.3) is 0 Å². The number of halogens is 2. The monoisotopic (exact) mass is 445 g/mol. The topological polar surface area (TPSA) is 73.2 Å². The number of carbonyl (C=O) groups is 1. The van der Waals surface area contributed by atoms with Crippen LogP contribution < -0.4 is 15.6 Å². The van der Waals surface area contributed by atoms with Crippen molar-refractivity contribution in [2.24, 2.45) is 0 Å². The third-order valence-electron chi connectivity index (χ3n) is 3.79. The van der Waals surface area contributed by atoms with E-state index >= 15 is 0 Å². The minimum atomic E-state index is -0.460. The van der Waals surface area contributed by atoms with Crippen molar-refractivity contribution in [3.63, 3.8) is 0 Å². The zero-order valence-electron chi connectivity index (χ0n) is 14.8. The summed E-state index contributed by atoms with van der Waals surface area (Å²) in [5.74, 6) is -0.174. The van der Waals surface area contributed by atoms with E-state index in [0.29, 0.717) is 15.8 Å². The van der Waals surface area contributed by atoms with Gasteiger partial charge in [0.2, 0.25) is 0 Å². The van der Waals surface area contributed by atoms with Crippen LogP contribution >= 0.6 is 15.9 Å². The van der Waals surface area contributed by atoms with Gasteiger partial charge < -0.3 is 10.1 Å². The number of aromatic nitrogens is 2. The number of ether oxygens (including phenoxy) is 1. The van der Waals surface area contributed by atoms with Gasteiger partial charge in [0.05, 0.1) is 6.54 Å². The van der Waals surface area contributed by atoms with Crippen LogP contribution in [-0.2, 0) is 13.1 Å². The lowest BCUT2D eigenvalue weighted by Gasteiger charge is -2.09. The molecule has 0 aliphatic heterocycles. The van der Waals surface area contributed by atoms with Gasteiger partial charge in [-0.15, -0.1) is 0 Å². The molecule has 2 aromatic carbocycles. The highest BCUT2D eigenvalue weighted by atomic mass is 79.9. The lowest BCUT2D eigenvalue weighted by atomic mass is 10.2.